The molecule has 0 aromatic carbocycles. The zero-order valence-corrected chi connectivity index (χ0v) is 6.49. The molecule has 1 aliphatic heterocycles. The van der Waals surface area contributed by atoms with E-state index in [1.165, 1.54) is 0 Å². The molecule has 1 rings (SSSR count). The summed E-state index contributed by atoms with van der Waals surface area (Å²) in [5.74, 6) is 0. The third-order valence-electron chi connectivity index (χ3n) is 0.744. The lowest BCUT2D eigenvalue weighted by atomic mass is 10.6. The van der Waals surface area contributed by atoms with E-state index in [0.717, 1.165) is 32.5 Å². The highest BCUT2D eigenvalue weighted by Gasteiger charge is 1.94. The Kier molecular flexibility index (Phi) is 9.10. The molecule has 9 heavy (non-hydrogen) atoms. The van der Waals surface area contributed by atoms with Crippen molar-refractivity contribution in [2.45, 2.75) is 0 Å². The van der Waals surface area contributed by atoms with E-state index < -0.39 is 0 Å². The Morgan fingerprint density at radius 2 is 1.11 bits per heavy atom. The minimum atomic E-state index is 0.778. The standard InChI is InChI=1S/C4H8O2.BCl2/c1-2-6-4-3-5-1;2-1-3/h1-4H2;. The molecule has 0 aromatic rings. The zero-order chi connectivity index (χ0) is 6.95. The molecule has 0 aliphatic carbocycles. The van der Waals surface area contributed by atoms with Crippen molar-refractivity contribution in [3.8, 4) is 0 Å². The number of ether oxygens (including phenoxy) is 2. The number of hydrogen-bond acceptors (Lipinski definition) is 2. The average Bonchev–Trinajstić information content (AvgIpc) is 1.93. The van der Waals surface area contributed by atoms with Gasteiger partial charge >= 0.3 is 6.11 Å². The van der Waals surface area contributed by atoms with Gasteiger partial charge in [-0.2, -0.15) is 22.9 Å². The van der Waals surface area contributed by atoms with E-state index in [4.69, 9.17) is 9.47 Å². The lowest BCUT2D eigenvalue weighted by Gasteiger charge is -2.09. The molecule has 0 amide bonds. The Labute approximate surface area is 65.5 Å². The quantitative estimate of drug-likeness (QED) is 0.505. The Morgan fingerprint density at radius 3 is 1.22 bits per heavy atom. The maximum absolute atomic E-state index is 4.94. The monoisotopic (exact) mass is 169 g/mol. The van der Waals surface area contributed by atoms with Gasteiger partial charge in [0.15, 0.2) is 0 Å². The van der Waals surface area contributed by atoms with Crippen LogP contribution in [-0.4, -0.2) is 32.5 Å². The van der Waals surface area contributed by atoms with Crippen LogP contribution >= 0.6 is 22.9 Å². The first-order valence-electron chi connectivity index (χ1n) is 2.59. The number of hydrogen-bond donors (Lipinski definition) is 0. The summed E-state index contributed by atoms with van der Waals surface area (Å²) >= 11 is 9.28. The van der Waals surface area contributed by atoms with E-state index >= 15 is 0 Å². The number of rotatable bonds is 0. The van der Waals surface area contributed by atoms with Gasteiger partial charge in [-0.3, -0.25) is 0 Å². The topological polar surface area (TPSA) is 18.5 Å². The van der Waals surface area contributed by atoms with Crippen LogP contribution in [0.5, 0.6) is 0 Å². The van der Waals surface area contributed by atoms with E-state index in [1.54, 1.807) is 0 Å². The van der Waals surface area contributed by atoms with Crippen LogP contribution in [0, 0.1) is 0 Å². The van der Waals surface area contributed by atoms with Gasteiger partial charge in [0, 0.05) is 0 Å². The van der Waals surface area contributed by atoms with Crippen LogP contribution < -0.4 is 0 Å². The average molecular weight is 170 g/mol. The van der Waals surface area contributed by atoms with Crippen molar-refractivity contribution < 1.29 is 9.47 Å². The molecule has 1 fully saturated rings. The lowest BCUT2D eigenvalue weighted by molar-refractivity contribution is -0.0334. The molecule has 0 N–H and O–H groups in total. The summed E-state index contributed by atoms with van der Waals surface area (Å²) in [4.78, 5) is 0. The van der Waals surface area contributed by atoms with E-state index in [0.29, 0.717) is 0 Å². The first-order valence-corrected chi connectivity index (χ1v) is 3.46. The summed E-state index contributed by atoms with van der Waals surface area (Å²) in [5.41, 5.74) is 0. The van der Waals surface area contributed by atoms with Gasteiger partial charge in [0.05, 0.1) is 26.4 Å². The summed E-state index contributed by atoms with van der Waals surface area (Å²) in [5, 5.41) is 0. The maximum atomic E-state index is 4.94. The molecule has 53 valence electrons. The molecule has 1 aliphatic rings. The van der Waals surface area contributed by atoms with Gasteiger partial charge in [0.2, 0.25) is 0 Å². The van der Waals surface area contributed by atoms with Crippen molar-refractivity contribution >= 4 is 29.0 Å². The van der Waals surface area contributed by atoms with Gasteiger partial charge < -0.3 is 9.47 Å². The van der Waals surface area contributed by atoms with Crippen molar-refractivity contribution in [1.82, 2.24) is 0 Å². The van der Waals surface area contributed by atoms with Crippen LogP contribution in [0.4, 0.5) is 0 Å². The molecule has 0 unspecified atom stereocenters. The van der Waals surface area contributed by atoms with Gasteiger partial charge in [0.25, 0.3) is 0 Å². The largest absolute Gasteiger partial charge is 0.377 e. The smallest absolute Gasteiger partial charge is 0.357 e. The normalized spacial score (nSPS) is 17.6. The summed E-state index contributed by atoms with van der Waals surface area (Å²) in [6, 6.07) is 0. The minimum absolute atomic E-state index is 0.778. The van der Waals surface area contributed by atoms with E-state index in [2.05, 4.69) is 22.9 Å². The molecule has 0 spiro atoms. The van der Waals surface area contributed by atoms with Crippen molar-refractivity contribution in [1.29, 1.82) is 0 Å². The molecule has 0 aromatic heterocycles. The Morgan fingerprint density at radius 1 is 0.889 bits per heavy atom. The highest BCUT2D eigenvalue weighted by molar-refractivity contribution is 7.22. The molecular formula is C4H8BCl2O2. The van der Waals surface area contributed by atoms with Gasteiger partial charge in [-0.1, -0.05) is 0 Å². The molecule has 1 heterocycles. The highest BCUT2D eigenvalue weighted by atomic mass is 35.5. The first kappa shape index (κ1) is 9.56. The van der Waals surface area contributed by atoms with Gasteiger partial charge in [-0.25, -0.2) is 0 Å². The predicted octanol–water partition coefficient (Wildman–Crippen LogP) is 1.03. The van der Waals surface area contributed by atoms with E-state index in [9.17, 15) is 0 Å². The molecule has 0 bridgehead atoms. The Balaban J connectivity index is 0.000000187. The SMILES string of the molecule is C1COCCO1.Cl[B]Cl. The molecule has 0 saturated carbocycles. The van der Waals surface area contributed by atoms with Gasteiger partial charge in [0.1, 0.15) is 0 Å². The zero-order valence-electron chi connectivity index (χ0n) is 4.98. The summed E-state index contributed by atoms with van der Waals surface area (Å²) < 4.78 is 9.89. The third kappa shape index (κ3) is 8.56. The van der Waals surface area contributed by atoms with Crippen molar-refractivity contribution in [2.75, 3.05) is 26.4 Å². The molecule has 5 heteroatoms. The van der Waals surface area contributed by atoms with Gasteiger partial charge in [-0.15, -0.1) is 0 Å². The van der Waals surface area contributed by atoms with Crippen LogP contribution in [0.1, 0.15) is 0 Å². The lowest BCUT2D eigenvalue weighted by Crippen LogP contribution is -2.16. The second-order valence-corrected chi connectivity index (χ2v) is 1.97. The summed E-state index contributed by atoms with van der Waals surface area (Å²) in [7, 11) is 0. The first-order chi connectivity index (χ1) is 4.41. The van der Waals surface area contributed by atoms with Crippen molar-refractivity contribution in [2.24, 2.45) is 0 Å². The van der Waals surface area contributed by atoms with Crippen LogP contribution in [0.2, 0.25) is 0 Å². The molecule has 1 saturated heterocycles. The molecule has 0 atom stereocenters. The Bertz CT molecular complexity index is 40.3. The second kappa shape index (κ2) is 8.56. The van der Waals surface area contributed by atoms with Crippen LogP contribution in [-0.2, 0) is 9.47 Å². The van der Waals surface area contributed by atoms with Crippen LogP contribution in [0.25, 0.3) is 0 Å². The number of halogens is 2. The van der Waals surface area contributed by atoms with Crippen LogP contribution in [0.3, 0.4) is 0 Å². The predicted molar refractivity (Wildman–Crippen MR) is 39.1 cm³/mol. The van der Waals surface area contributed by atoms with Gasteiger partial charge in [-0.05, 0) is 0 Å². The van der Waals surface area contributed by atoms with Crippen molar-refractivity contribution in [3.63, 3.8) is 0 Å². The highest BCUT2D eigenvalue weighted by Crippen LogP contribution is 1.85. The fraction of sp³-hybridized carbons (Fsp3) is 1.00. The Hall–Kier alpha value is 0.565. The fourth-order valence-corrected chi connectivity index (χ4v) is 0.440. The molecule has 1 radical (unpaired) electrons. The fourth-order valence-electron chi connectivity index (χ4n) is 0.440. The molecule has 2 nitrogen and oxygen atoms in total. The maximum Gasteiger partial charge on any atom is 0.357 e. The van der Waals surface area contributed by atoms with E-state index in [-0.39, 0.29) is 0 Å². The van der Waals surface area contributed by atoms with E-state index in [1.807, 2.05) is 0 Å². The summed E-state index contributed by atoms with van der Waals surface area (Å²) in [6.45, 7) is 3.11. The summed E-state index contributed by atoms with van der Waals surface area (Å²) in [6.07, 6.45) is 0.944. The minimum Gasteiger partial charge on any atom is -0.377 e. The third-order valence-corrected chi connectivity index (χ3v) is 0.744. The van der Waals surface area contributed by atoms with Crippen molar-refractivity contribution in [3.05, 3.63) is 0 Å². The molecular weight excluding hydrogens is 162 g/mol. The van der Waals surface area contributed by atoms with Crippen LogP contribution in [0.15, 0.2) is 0 Å². The second-order valence-electron chi connectivity index (χ2n) is 1.31.